The zero-order valence-electron chi connectivity index (χ0n) is 14.9. The molecule has 2 atom stereocenters. The highest BCUT2D eigenvalue weighted by Gasteiger charge is 2.23. The number of benzene rings is 1. The summed E-state index contributed by atoms with van der Waals surface area (Å²) in [7, 11) is 0. The Balaban J connectivity index is 1.47. The fourth-order valence-corrected chi connectivity index (χ4v) is 3.22. The monoisotopic (exact) mass is 355 g/mol. The summed E-state index contributed by atoms with van der Waals surface area (Å²) in [5.74, 6) is 0.955. The number of nitrogens with zero attached hydrogens (tertiary/aromatic N) is 3. The molecule has 3 N–H and O–H groups in total. The topological polar surface area (TPSA) is 90.4 Å². The molecule has 2 heterocycles. The van der Waals surface area contributed by atoms with Crippen LogP contribution < -0.4 is 15.5 Å². The van der Waals surface area contributed by atoms with Crippen LogP contribution in [-0.2, 0) is 6.42 Å². The van der Waals surface area contributed by atoms with Crippen molar-refractivity contribution in [1.29, 1.82) is 0 Å². The van der Waals surface area contributed by atoms with Crippen molar-refractivity contribution in [3.63, 3.8) is 0 Å². The molecule has 1 aromatic heterocycles. The van der Waals surface area contributed by atoms with Gasteiger partial charge in [-0.15, -0.1) is 0 Å². The van der Waals surface area contributed by atoms with Crippen molar-refractivity contribution < 1.29 is 9.90 Å². The highest BCUT2D eigenvalue weighted by Crippen LogP contribution is 2.15. The van der Waals surface area contributed by atoms with Gasteiger partial charge in [-0.3, -0.25) is 0 Å². The lowest BCUT2D eigenvalue weighted by molar-refractivity contribution is 0.232. The van der Waals surface area contributed by atoms with Gasteiger partial charge in [-0.2, -0.15) is 0 Å². The molecule has 0 aliphatic carbocycles. The number of phenolic OH excluding ortho intramolecular Hbond substituents is 1. The predicted octanol–water partition coefficient (Wildman–Crippen LogP) is 2.08. The summed E-state index contributed by atoms with van der Waals surface area (Å²) in [5.41, 5.74) is 1.07. The number of carbonyl (C=O) groups excluding carboxylic acids is 1. The van der Waals surface area contributed by atoms with Gasteiger partial charge in [0.25, 0.3) is 0 Å². The summed E-state index contributed by atoms with van der Waals surface area (Å²) in [6, 6.07) is 8.76. The minimum Gasteiger partial charge on any atom is -0.508 e. The average molecular weight is 355 g/mol. The molecule has 3 rings (SSSR count). The summed E-state index contributed by atoms with van der Waals surface area (Å²) < 4.78 is 0. The molecule has 138 valence electrons. The fourth-order valence-electron chi connectivity index (χ4n) is 3.22. The second-order valence-corrected chi connectivity index (χ2v) is 6.72. The first-order chi connectivity index (χ1) is 12.6. The van der Waals surface area contributed by atoms with Gasteiger partial charge in [0, 0.05) is 37.6 Å². The first-order valence-electron chi connectivity index (χ1n) is 8.97. The second kappa shape index (κ2) is 8.51. The Morgan fingerprint density at radius 1 is 1.31 bits per heavy atom. The molecule has 1 aliphatic rings. The molecular weight excluding hydrogens is 330 g/mol. The van der Waals surface area contributed by atoms with Crippen molar-refractivity contribution in [2.75, 3.05) is 18.0 Å². The van der Waals surface area contributed by atoms with Gasteiger partial charge in [0.2, 0.25) is 5.95 Å². The van der Waals surface area contributed by atoms with E-state index in [0.29, 0.717) is 18.9 Å². The number of nitrogens with one attached hydrogen (secondary N) is 2. The van der Waals surface area contributed by atoms with Gasteiger partial charge in [-0.25, -0.2) is 14.8 Å². The SMILES string of the molecule is CC(Cc1ccc(O)cc1)NC(=O)NC1CCCN(c2ncccn2)C1. The molecule has 0 radical (unpaired) electrons. The quantitative estimate of drug-likeness (QED) is 0.764. The zero-order chi connectivity index (χ0) is 18.4. The third kappa shape index (κ3) is 5.08. The number of amides is 2. The molecule has 26 heavy (non-hydrogen) atoms. The van der Waals surface area contributed by atoms with Crippen molar-refractivity contribution >= 4 is 12.0 Å². The van der Waals surface area contributed by atoms with Crippen molar-refractivity contribution in [2.45, 2.75) is 38.3 Å². The maximum Gasteiger partial charge on any atom is 0.315 e. The molecule has 7 nitrogen and oxygen atoms in total. The van der Waals surface area contributed by atoms with Crippen molar-refractivity contribution in [3.8, 4) is 5.75 Å². The van der Waals surface area contributed by atoms with Crippen LogP contribution in [0.2, 0.25) is 0 Å². The minimum absolute atomic E-state index is 0.00306. The summed E-state index contributed by atoms with van der Waals surface area (Å²) in [6.07, 6.45) is 6.12. The molecule has 1 aromatic carbocycles. The van der Waals surface area contributed by atoms with Crippen LogP contribution in [-0.4, -0.2) is 46.3 Å². The number of aromatic nitrogens is 2. The van der Waals surface area contributed by atoms with Crippen molar-refractivity contribution in [1.82, 2.24) is 20.6 Å². The lowest BCUT2D eigenvalue weighted by atomic mass is 10.1. The van der Waals surface area contributed by atoms with Crippen LogP contribution in [0.25, 0.3) is 0 Å². The Bertz CT molecular complexity index is 708. The van der Waals surface area contributed by atoms with E-state index in [2.05, 4.69) is 25.5 Å². The number of piperidine rings is 1. The molecule has 1 aliphatic heterocycles. The highest BCUT2D eigenvalue weighted by molar-refractivity contribution is 5.74. The van der Waals surface area contributed by atoms with E-state index < -0.39 is 0 Å². The van der Waals surface area contributed by atoms with Gasteiger partial charge in [0.15, 0.2) is 0 Å². The number of phenols is 1. The van der Waals surface area contributed by atoms with E-state index in [1.165, 1.54) is 0 Å². The van der Waals surface area contributed by atoms with Gasteiger partial charge in [0.1, 0.15) is 5.75 Å². The fraction of sp³-hybridized carbons (Fsp3) is 0.421. The van der Waals surface area contributed by atoms with Gasteiger partial charge >= 0.3 is 6.03 Å². The maximum absolute atomic E-state index is 12.3. The molecule has 1 fully saturated rings. The number of aromatic hydroxyl groups is 1. The van der Waals surface area contributed by atoms with Crippen molar-refractivity contribution in [3.05, 3.63) is 48.3 Å². The van der Waals surface area contributed by atoms with Gasteiger partial charge in [-0.1, -0.05) is 12.1 Å². The number of carbonyl (C=O) groups is 1. The molecule has 1 saturated heterocycles. The molecule has 2 aromatic rings. The first-order valence-corrected chi connectivity index (χ1v) is 8.97. The third-order valence-electron chi connectivity index (χ3n) is 4.45. The van der Waals surface area contributed by atoms with Gasteiger partial charge < -0.3 is 20.6 Å². The van der Waals surface area contributed by atoms with E-state index in [4.69, 9.17) is 0 Å². The van der Waals surface area contributed by atoms with Crippen LogP contribution in [0.4, 0.5) is 10.7 Å². The summed E-state index contributed by atoms with van der Waals surface area (Å²) >= 11 is 0. The van der Waals surface area contributed by atoms with E-state index in [1.54, 1.807) is 30.6 Å². The van der Waals surface area contributed by atoms with E-state index in [0.717, 1.165) is 24.9 Å². The van der Waals surface area contributed by atoms with Crippen LogP contribution in [0.3, 0.4) is 0 Å². The van der Waals surface area contributed by atoms with E-state index in [-0.39, 0.29) is 23.9 Å². The van der Waals surface area contributed by atoms with Crippen LogP contribution in [0.5, 0.6) is 5.75 Å². The summed E-state index contributed by atoms with van der Waals surface area (Å²) in [5, 5.41) is 15.4. The Morgan fingerprint density at radius 2 is 2.04 bits per heavy atom. The number of rotatable bonds is 5. The van der Waals surface area contributed by atoms with Crippen molar-refractivity contribution in [2.24, 2.45) is 0 Å². The maximum atomic E-state index is 12.3. The number of hydrogen-bond donors (Lipinski definition) is 3. The van der Waals surface area contributed by atoms with E-state index in [1.807, 2.05) is 19.1 Å². The normalized spacial score (nSPS) is 18.2. The largest absolute Gasteiger partial charge is 0.508 e. The minimum atomic E-state index is -0.155. The molecule has 7 heteroatoms. The van der Waals surface area contributed by atoms with Gasteiger partial charge in [0.05, 0.1) is 0 Å². The van der Waals surface area contributed by atoms with E-state index >= 15 is 0 Å². The third-order valence-corrected chi connectivity index (χ3v) is 4.45. The van der Waals surface area contributed by atoms with E-state index in [9.17, 15) is 9.90 Å². The second-order valence-electron chi connectivity index (χ2n) is 6.72. The summed E-state index contributed by atoms with van der Waals surface area (Å²) in [4.78, 5) is 23.0. The number of urea groups is 1. The zero-order valence-corrected chi connectivity index (χ0v) is 14.9. The Kier molecular flexibility index (Phi) is 5.88. The Labute approximate surface area is 153 Å². The highest BCUT2D eigenvalue weighted by atomic mass is 16.3. The molecular formula is C19H25N5O2. The first kappa shape index (κ1) is 18.0. The van der Waals surface area contributed by atoms with Crippen LogP contribution in [0.1, 0.15) is 25.3 Å². The molecule has 0 saturated carbocycles. The van der Waals surface area contributed by atoms with Crippen LogP contribution in [0.15, 0.2) is 42.7 Å². The lowest BCUT2D eigenvalue weighted by Crippen LogP contribution is -2.52. The average Bonchev–Trinajstić information content (AvgIpc) is 2.64. The summed E-state index contributed by atoms with van der Waals surface area (Å²) in [6.45, 7) is 3.59. The molecule has 2 amide bonds. The van der Waals surface area contributed by atoms with Gasteiger partial charge in [-0.05, 0) is 49.9 Å². The number of hydrogen-bond acceptors (Lipinski definition) is 5. The standard InChI is InChI=1S/C19H25N5O2/c1-14(12-15-5-7-17(25)8-6-15)22-19(26)23-16-4-2-11-24(13-16)18-20-9-3-10-21-18/h3,5-10,14,16,25H,2,4,11-13H2,1H3,(H2,22,23,26). The molecule has 0 bridgehead atoms. The lowest BCUT2D eigenvalue weighted by Gasteiger charge is -2.33. The molecule has 2 unspecified atom stereocenters. The van der Waals surface area contributed by atoms with Crippen LogP contribution in [0, 0.1) is 0 Å². The Hall–Kier alpha value is -2.83. The molecule has 0 spiro atoms. The van der Waals surface area contributed by atoms with Crippen LogP contribution >= 0.6 is 0 Å². The number of anilines is 1. The Morgan fingerprint density at radius 3 is 2.77 bits per heavy atom. The predicted molar refractivity (Wildman–Crippen MR) is 100 cm³/mol. The smallest absolute Gasteiger partial charge is 0.315 e.